The summed E-state index contributed by atoms with van der Waals surface area (Å²) in [5, 5.41) is 2.99. The highest BCUT2D eigenvalue weighted by Gasteiger charge is 2.21. The van der Waals surface area contributed by atoms with Crippen molar-refractivity contribution in [3.05, 3.63) is 123 Å². The van der Waals surface area contributed by atoms with Crippen molar-refractivity contribution in [3.63, 3.8) is 0 Å². The third-order valence-electron chi connectivity index (χ3n) is 4.34. The van der Waals surface area contributed by atoms with Crippen LogP contribution < -0.4 is 16.4 Å². The van der Waals surface area contributed by atoms with Crippen molar-refractivity contribution in [2.45, 2.75) is 0 Å². The smallest absolute Gasteiger partial charge is 0.198 e. The fourth-order valence-electron chi connectivity index (χ4n) is 2.96. The van der Waals surface area contributed by atoms with Gasteiger partial charge in [0.1, 0.15) is 0 Å². The molecule has 4 rings (SSSR count). The van der Waals surface area contributed by atoms with Gasteiger partial charge in [-0.1, -0.05) is 117 Å². The lowest BCUT2D eigenvalue weighted by Gasteiger charge is -2.16. The minimum atomic E-state index is 0.117. The summed E-state index contributed by atoms with van der Waals surface area (Å²) in [4.78, 5) is 2.75. The van der Waals surface area contributed by atoms with Gasteiger partial charge in [-0.15, -0.1) is 0 Å². The zero-order chi connectivity index (χ0) is 23.3. The SMILES string of the molecule is COF.Clc1ccc(B(c2ccc(Cl)cc2)c2ccc(Cl)cc2)cc1.Clc1ccccc1. The topological polar surface area (TPSA) is 9.23 Å². The Labute approximate surface area is 208 Å². The molecule has 0 aliphatic rings. The van der Waals surface area contributed by atoms with Crippen molar-refractivity contribution >= 4 is 69.5 Å². The van der Waals surface area contributed by atoms with Gasteiger partial charge in [-0.2, -0.15) is 4.94 Å². The molecule has 32 heavy (non-hydrogen) atoms. The molecule has 0 unspecified atom stereocenters. The van der Waals surface area contributed by atoms with Crippen molar-refractivity contribution in [2.24, 2.45) is 0 Å². The van der Waals surface area contributed by atoms with Gasteiger partial charge in [0.05, 0.1) is 7.11 Å². The van der Waals surface area contributed by atoms with Crippen LogP contribution in [0.3, 0.4) is 0 Å². The molecule has 7 heteroatoms. The van der Waals surface area contributed by atoms with E-state index in [9.17, 15) is 4.53 Å². The van der Waals surface area contributed by atoms with Crippen molar-refractivity contribution in [1.82, 2.24) is 0 Å². The standard InChI is InChI=1S/C18H12BCl3.C6H5Cl.CH3FO/c20-16-7-1-13(2-8-16)19(14-3-9-17(21)10-4-14)15-5-11-18(22)12-6-15;7-6-4-2-1-3-5-6;1-3-2/h1-12H;1-5H;1H3. The highest BCUT2D eigenvalue weighted by atomic mass is 35.5. The van der Waals surface area contributed by atoms with Crippen LogP contribution in [-0.4, -0.2) is 13.8 Å². The van der Waals surface area contributed by atoms with E-state index in [1.807, 2.05) is 66.7 Å². The molecule has 0 aliphatic heterocycles. The molecular weight excluding hydrogens is 488 g/mol. The van der Waals surface area contributed by atoms with Crippen molar-refractivity contribution in [1.29, 1.82) is 0 Å². The molecule has 0 bridgehead atoms. The predicted molar refractivity (Wildman–Crippen MR) is 139 cm³/mol. The summed E-state index contributed by atoms with van der Waals surface area (Å²) >= 11 is 23.6. The fraction of sp³-hybridized carbons (Fsp3) is 0.0400. The summed E-state index contributed by atoms with van der Waals surface area (Å²) in [5.41, 5.74) is 3.53. The summed E-state index contributed by atoms with van der Waals surface area (Å²) < 4.78 is 9.79. The Hall–Kier alpha value is -2.01. The minimum absolute atomic E-state index is 0.117. The van der Waals surface area contributed by atoms with Crippen molar-refractivity contribution in [3.8, 4) is 0 Å². The van der Waals surface area contributed by atoms with Crippen LogP contribution in [-0.2, 0) is 4.94 Å². The monoisotopic (exact) mass is 506 g/mol. The largest absolute Gasteiger partial charge is 0.241 e. The van der Waals surface area contributed by atoms with E-state index < -0.39 is 0 Å². The summed E-state index contributed by atoms with van der Waals surface area (Å²) in [7, 11) is 0.958. The maximum absolute atomic E-state index is 9.79. The van der Waals surface area contributed by atoms with Crippen LogP contribution in [0.25, 0.3) is 0 Å². The number of rotatable bonds is 3. The van der Waals surface area contributed by atoms with E-state index in [2.05, 4.69) is 41.3 Å². The first-order valence-corrected chi connectivity index (χ1v) is 11.1. The molecule has 0 aromatic heterocycles. The normalized spacial score (nSPS) is 9.69. The maximum atomic E-state index is 9.79. The molecule has 164 valence electrons. The van der Waals surface area contributed by atoms with Crippen LogP contribution in [0.4, 0.5) is 4.53 Å². The average Bonchev–Trinajstić information content (AvgIpc) is 2.79. The fourth-order valence-corrected chi connectivity index (χ4v) is 3.48. The van der Waals surface area contributed by atoms with Gasteiger partial charge in [0.25, 0.3) is 0 Å². The summed E-state index contributed by atoms with van der Waals surface area (Å²) in [6, 6.07) is 33.2. The average molecular weight is 508 g/mol. The van der Waals surface area contributed by atoms with Gasteiger partial charge in [0.2, 0.25) is 6.71 Å². The Morgan fingerprint density at radius 2 is 0.750 bits per heavy atom. The Balaban J connectivity index is 0.000000302. The van der Waals surface area contributed by atoms with Gasteiger partial charge in [-0.3, -0.25) is 0 Å². The van der Waals surface area contributed by atoms with E-state index in [4.69, 9.17) is 46.4 Å². The molecule has 0 atom stereocenters. The first kappa shape index (κ1) is 26.2. The molecule has 1 nitrogen and oxygen atoms in total. The van der Waals surface area contributed by atoms with E-state index >= 15 is 0 Å². The summed E-state index contributed by atoms with van der Waals surface area (Å²) in [5.74, 6) is 0. The maximum Gasteiger partial charge on any atom is 0.241 e. The second-order valence-corrected chi connectivity index (χ2v) is 8.28. The molecule has 4 aromatic carbocycles. The quantitative estimate of drug-likeness (QED) is 0.271. The number of halogens is 5. The molecule has 0 radical (unpaired) electrons. The van der Waals surface area contributed by atoms with E-state index in [-0.39, 0.29) is 6.71 Å². The van der Waals surface area contributed by atoms with Crippen molar-refractivity contribution < 1.29 is 9.47 Å². The lowest BCUT2D eigenvalue weighted by Crippen LogP contribution is -2.51. The van der Waals surface area contributed by atoms with Gasteiger partial charge >= 0.3 is 0 Å². The van der Waals surface area contributed by atoms with Crippen LogP contribution in [0.15, 0.2) is 103 Å². The molecule has 0 fully saturated rings. The van der Waals surface area contributed by atoms with Crippen LogP contribution in [0, 0.1) is 0 Å². The van der Waals surface area contributed by atoms with E-state index in [1.165, 1.54) is 16.4 Å². The Morgan fingerprint density at radius 1 is 0.500 bits per heavy atom. The van der Waals surface area contributed by atoms with Gasteiger partial charge in [0, 0.05) is 20.1 Å². The summed E-state index contributed by atoms with van der Waals surface area (Å²) in [6.07, 6.45) is 0. The third kappa shape index (κ3) is 8.86. The van der Waals surface area contributed by atoms with Gasteiger partial charge in [-0.05, 0) is 53.1 Å². The molecule has 0 aliphatic carbocycles. The summed E-state index contributed by atoms with van der Waals surface area (Å²) in [6.45, 7) is 0.117. The molecule has 0 amide bonds. The number of benzene rings is 4. The van der Waals surface area contributed by atoms with Gasteiger partial charge in [0.15, 0.2) is 0 Å². The molecule has 4 aromatic rings. The first-order chi connectivity index (χ1) is 15.4. The second kappa shape index (κ2) is 14.2. The second-order valence-electron chi connectivity index (χ2n) is 6.54. The first-order valence-electron chi connectivity index (χ1n) is 9.56. The molecule has 0 heterocycles. The van der Waals surface area contributed by atoms with Gasteiger partial charge in [-0.25, -0.2) is 0 Å². The molecular formula is C25H20BCl4FO. The number of hydrogen-bond acceptors (Lipinski definition) is 1. The Kier molecular flexibility index (Phi) is 11.7. The molecule has 0 saturated heterocycles. The zero-order valence-corrected chi connectivity index (χ0v) is 20.2. The van der Waals surface area contributed by atoms with E-state index in [0.717, 1.165) is 27.2 Å². The minimum Gasteiger partial charge on any atom is -0.198 e. The lowest BCUT2D eigenvalue weighted by molar-refractivity contribution is -0.0960. The molecule has 0 spiro atoms. The van der Waals surface area contributed by atoms with Crippen LogP contribution in [0.1, 0.15) is 0 Å². The van der Waals surface area contributed by atoms with Crippen LogP contribution in [0.2, 0.25) is 20.1 Å². The van der Waals surface area contributed by atoms with E-state index in [1.54, 1.807) is 0 Å². The third-order valence-corrected chi connectivity index (χ3v) is 5.35. The van der Waals surface area contributed by atoms with Gasteiger partial charge < -0.3 is 0 Å². The molecule has 0 saturated carbocycles. The zero-order valence-electron chi connectivity index (χ0n) is 17.2. The number of hydrogen-bond donors (Lipinski definition) is 0. The van der Waals surface area contributed by atoms with E-state index in [0.29, 0.717) is 0 Å². The van der Waals surface area contributed by atoms with Crippen molar-refractivity contribution in [2.75, 3.05) is 7.11 Å². The highest BCUT2D eigenvalue weighted by molar-refractivity contribution is 6.95. The highest BCUT2D eigenvalue weighted by Crippen LogP contribution is 2.09. The predicted octanol–water partition coefficient (Wildman–Crippen LogP) is 7.02. The molecule has 0 N–H and O–H groups in total. The Bertz CT molecular complexity index is 936. The van der Waals surface area contributed by atoms with Crippen LogP contribution in [0.5, 0.6) is 0 Å². The lowest BCUT2D eigenvalue weighted by atomic mass is 9.37. The van der Waals surface area contributed by atoms with Crippen LogP contribution >= 0.6 is 46.4 Å². The Morgan fingerprint density at radius 3 is 0.969 bits per heavy atom.